The Morgan fingerprint density at radius 3 is 2.76 bits per heavy atom. The van der Waals surface area contributed by atoms with Crippen molar-refractivity contribution in [3.05, 3.63) is 0 Å². The Hall–Kier alpha value is -1.14. The highest BCUT2D eigenvalue weighted by atomic mass is 16.5. The van der Waals surface area contributed by atoms with E-state index < -0.39 is 11.4 Å². The second kappa shape index (κ2) is 7.22. The normalized spacial score (nSPS) is 27.3. The Kier molecular flexibility index (Phi) is 5.58. The number of ether oxygens (including phenoxy) is 1. The van der Waals surface area contributed by atoms with Gasteiger partial charge in [0.1, 0.15) is 0 Å². The van der Waals surface area contributed by atoms with Crippen molar-refractivity contribution in [2.75, 3.05) is 46.4 Å². The zero-order chi connectivity index (χ0) is 15.3. The number of hydrogen-bond acceptors (Lipinski definition) is 4. The Bertz CT molecular complexity index is 388. The molecule has 0 saturated carbocycles. The molecule has 2 heterocycles. The van der Waals surface area contributed by atoms with Gasteiger partial charge in [0.15, 0.2) is 0 Å². The fourth-order valence-corrected chi connectivity index (χ4v) is 3.40. The lowest BCUT2D eigenvalue weighted by atomic mass is 9.77. The van der Waals surface area contributed by atoms with Crippen LogP contribution in [0.2, 0.25) is 0 Å². The maximum absolute atomic E-state index is 11.7. The monoisotopic (exact) mass is 298 g/mol. The first-order valence-electron chi connectivity index (χ1n) is 7.80. The molecule has 2 rings (SSSR count). The minimum atomic E-state index is -0.721. The largest absolute Gasteiger partial charge is 0.481 e. The summed E-state index contributed by atoms with van der Waals surface area (Å²) >= 11 is 0. The molecular formula is C15H26N2O4. The summed E-state index contributed by atoms with van der Waals surface area (Å²) in [7, 11) is 1.61. The van der Waals surface area contributed by atoms with E-state index in [0.717, 1.165) is 39.0 Å². The van der Waals surface area contributed by atoms with Crippen LogP contribution in [-0.2, 0) is 14.3 Å². The smallest absolute Gasteiger partial charge is 0.311 e. The highest BCUT2D eigenvalue weighted by Crippen LogP contribution is 2.34. The molecule has 1 N–H and O–H groups in total. The molecule has 0 radical (unpaired) electrons. The quantitative estimate of drug-likeness (QED) is 0.753. The van der Waals surface area contributed by atoms with Crippen molar-refractivity contribution in [2.45, 2.75) is 32.1 Å². The summed E-state index contributed by atoms with van der Waals surface area (Å²) in [4.78, 5) is 27.4. The van der Waals surface area contributed by atoms with Crippen molar-refractivity contribution in [3.8, 4) is 0 Å². The van der Waals surface area contributed by atoms with Gasteiger partial charge in [-0.1, -0.05) is 0 Å². The predicted molar refractivity (Wildman–Crippen MR) is 78.0 cm³/mol. The molecule has 120 valence electrons. The zero-order valence-corrected chi connectivity index (χ0v) is 12.8. The van der Waals surface area contributed by atoms with Crippen molar-refractivity contribution >= 4 is 11.9 Å². The molecule has 0 aromatic heterocycles. The van der Waals surface area contributed by atoms with Gasteiger partial charge >= 0.3 is 5.97 Å². The number of hydrogen-bond donors (Lipinski definition) is 1. The van der Waals surface area contributed by atoms with Crippen LogP contribution in [0.15, 0.2) is 0 Å². The Morgan fingerprint density at radius 1 is 1.33 bits per heavy atom. The average molecular weight is 298 g/mol. The number of carbonyl (C=O) groups is 2. The lowest BCUT2D eigenvalue weighted by molar-refractivity contribution is -0.154. The molecule has 2 saturated heterocycles. The van der Waals surface area contributed by atoms with Crippen molar-refractivity contribution in [3.63, 3.8) is 0 Å². The molecule has 21 heavy (non-hydrogen) atoms. The van der Waals surface area contributed by atoms with Crippen molar-refractivity contribution in [1.82, 2.24) is 9.80 Å². The summed E-state index contributed by atoms with van der Waals surface area (Å²) in [5.74, 6) is -0.489. The molecule has 0 aliphatic carbocycles. The number of carboxylic acids is 1. The van der Waals surface area contributed by atoms with Crippen LogP contribution in [0.5, 0.6) is 0 Å². The van der Waals surface area contributed by atoms with E-state index in [-0.39, 0.29) is 5.91 Å². The van der Waals surface area contributed by atoms with Gasteiger partial charge < -0.3 is 19.6 Å². The van der Waals surface area contributed by atoms with Crippen molar-refractivity contribution in [2.24, 2.45) is 5.41 Å². The average Bonchev–Trinajstić information content (AvgIpc) is 2.88. The van der Waals surface area contributed by atoms with E-state index in [1.807, 2.05) is 4.90 Å². The second-order valence-corrected chi connectivity index (χ2v) is 6.19. The molecule has 6 nitrogen and oxygen atoms in total. The van der Waals surface area contributed by atoms with E-state index in [1.165, 1.54) is 0 Å². The topological polar surface area (TPSA) is 70.1 Å². The maximum atomic E-state index is 11.7. The van der Waals surface area contributed by atoms with Crippen LogP contribution >= 0.6 is 0 Å². The summed E-state index contributed by atoms with van der Waals surface area (Å²) in [6, 6.07) is 0. The highest BCUT2D eigenvalue weighted by Gasteiger charge is 2.42. The molecule has 2 aliphatic rings. The molecule has 6 heteroatoms. The molecule has 0 aromatic carbocycles. The Labute approximate surface area is 126 Å². The van der Waals surface area contributed by atoms with Crippen molar-refractivity contribution < 1.29 is 19.4 Å². The summed E-state index contributed by atoms with van der Waals surface area (Å²) < 4.78 is 5.08. The SMILES string of the molecule is COCCC1(C(=O)O)CCCN(CCN2CCCC2=O)C1. The maximum Gasteiger partial charge on any atom is 0.311 e. The van der Waals surface area contributed by atoms with E-state index in [4.69, 9.17) is 4.74 Å². The van der Waals surface area contributed by atoms with Gasteiger partial charge in [-0.25, -0.2) is 0 Å². The minimum Gasteiger partial charge on any atom is -0.481 e. The standard InChI is InChI=1S/C15H26N2O4/c1-21-11-6-15(14(19)20)5-3-7-16(12-15)9-10-17-8-2-4-13(17)18/h2-12H2,1H3,(H,19,20). The molecule has 2 fully saturated rings. The van der Waals surface area contributed by atoms with Gasteiger partial charge in [-0.15, -0.1) is 0 Å². The predicted octanol–water partition coefficient (Wildman–Crippen LogP) is 0.812. The van der Waals surface area contributed by atoms with Gasteiger partial charge in [-0.2, -0.15) is 0 Å². The summed E-state index contributed by atoms with van der Waals surface area (Å²) in [5, 5.41) is 9.61. The summed E-state index contributed by atoms with van der Waals surface area (Å²) in [5.41, 5.74) is -0.691. The molecule has 2 aliphatic heterocycles. The number of methoxy groups -OCH3 is 1. The molecule has 0 bridgehead atoms. The van der Waals surface area contributed by atoms with Gasteiger partial charge in [0, 0.05) is 46.3 Å². The first-order chi connectivity index (χ1) is 10.1. The molecule has 1 atom stereocenters. The molecular weight excluding hydrogens is 272 g/mol. The second-order valence-electron chi connectivity index (χ2n) is 6.19. The molecule has 1 amide bonds. The number of nitrogens with zero attached hydrogens (tertiary/aromatic N) is 2. The van der Waals surface area contributed by atoms with Gasteiger partial charge in [-0.3, -0.25) is 9.59 Å². The van der Waals surface area contributed by atoms with E-state index in [1.54, 1.807) is 7.11 Å². The first-order valence-corrected chi connectivity index (χ1v) is 7.80. The lowest BCUT2D eigenvalue weighted by Crippen LogP contribution is -2.50. The van der Waals surface area contributed by atoms with E-state index in [2.05, 4.69) is 4.90 Å². The van der Waals surface area contributed by atoms with Crippen LogP contribution in [-0.4, -0.2) is 73.2 Å². The van der Waals surface area contributed by atoms with Crippen LogP contribution in [0, 0.1) is 5.41 Å². The van der Waals surface area contributed by atoms with Gasteiger partial charge in [-0.05, 0) is 32.2 Å². The third-order valence-corrected chi connectivity index (χ3v) is 4.75. The van der Waals surface area contributed by atoms with Crippen LogP contribution in [0.3, 0.4) is 0 Å². The molecule has 0 spiro atoms. The lowest BCUT2D eigenvalue weighted by Gasteiger charge is -2.40. The number of carbonyl (C=O) groups excluding carboxylic acids is 1. The first kappa shape index (κ1) is 16.2. The van der Waals surface area contributed by atoms with E-state index in [9.17, 15) is 14.7 Å². The number of piperidine rings is 1. The fourth-order valence-electron chi connectivity index (χ4n) is 3.40. The van der Waals surface area contributed by atoms with Crippen LogP contribution in [0.4, 0.5) is 0 Å². The van der Waals surface area contributed by atoms with E-state index in [0.29, 0.717) is 32.4 Å². The number of rotatable bonds is 7. The number of amides is 1. The van der Waals surface area contributed by atoms with Crippen LogP contribution < -0.4 is 0 Å². The van der Waals surface area contributed by atoms with Gasteiger partial charge in [0.05, 0.1) is 5.41 Å². The highest BCUT2D eigenvalue weighted by molar-refractivity contribution is 5.78. The molecule has 1 unspecified atom stereocenters. The van der Waals surface area contributed by atoms with Crippen LogP contribution in [0.1, 0.15) is 32.1 Å². The number of aliphatic carboxylic acids is 1. The van der Waals surface area contributed by atoms with Crippen molar-refractivity contribution in [1.29, 1.82) is 0 Å². The zero-order valence-electron chi connectivity index (χ0n) is 12.8. The summed E-state index contributed by atoms with van der Waals surface area (Å²) in [6.07, 6.45) is 3.77. The number of carboxylic acid groups (broad SMARTS) is 1. The third kappa shape index (κ3) is 3.95. The fraction of sp³-hybridized carbons (Fsp3) is 0.867. The molecule has 0 aromatic rings. The van der Waals surface area contributed by atoms with E-state index >= 15 is 0 Å². The Morgan fingerprint density at radius 2 is 2.14 bits per heavy atom. The Balaban J connectivity index is 1.89. The minimum absolute atomic E-state index is 0.232. The van der Waals surface area contributed by atoms with Gasteiger partial charge in [0.2, 0.25) is 5.91 Å². The summed E-state index contributed by atoms with van der Waals surface area (Å²) in [6.45, 7) is 4.30. The third-order valence-electron chi connectivity index (χ3n) is 4.75. The van der Waals surface area contributed by atoms with Gasteiger partial charge in [0.25, 0.3) is 0 Å². The van der Waals surface area contributed by atoms with Crippen LogP contribution in [0.25, 0.3) is 0 Å². The number of likely N-dealkylation sites (tertiary alicyclic amines) is 2.